The van der Waals surface area contributed by atoms with Gasteiger partial charge in [0.05, 0.1) is 10.9 Å². The van der Waals surface area contributed by atoms with Crippen molar-refractivity contribution >= 4 is 29.0 Å². The summed E-state index contributed by atoms with van der Waals surface area (Å²) >= 11 is 5.05. The highest BCUT2D eigenvalue weighted by Crippen LogP contribution is 2.26. The van der Waals surface area contributed by atoms with E-state index in [2.05, 4.69) is 15.0 Å². The minimum absolute atomic E-state index is 0.169. The van der Waals surface area contributed by atoms with Crippen LogP contribution in [0.3, 0.4) is 0 Å². The molecular weight excluding hydrogens is 395 g/mol. The fourth-order valence-corrected chi connectivity index (χ4v) is 2.79. The van der Waals surface area contributed by atoms with Crippen molar-refractivity contribution in [3.63, 3.8) is 0 Å². The lowest BCUT2D eigenvalue weighted by molar-refractivity contribution is -0.274. The van der Waals surface area contributed by atoms with Gasteiger partial charge in [-0.05, 0) is 36.5 Å². The zero-order chi connectivity index (χ0) is 20.5. The Balaban J connectivity index is 1.82. The van der Waals surface area contributed by atoms with Crippen LogP contribution in [0.25, 0.3) is 10.9 Å². The SMILES string of the molecule is Cn1c(=S)[nH]c2cc(C(=O)NCc3ccccc3OC(F)(F)F)ccc2c1=O. The van der Waals surface area contributed by atoms with Crippen molar-refractivity contribution in [1.29, 1.82) is 0 Å². The number of amides is 1. The Morgan fingerprint density at radius 1 is 1.25 bits per heavy atom. The summed E-state index contributed by atoms with van der Waals surface area (Å²) < 4.78 is 42.9. The maximum Gasteiger partial charge on any atom is 0.573 e. The molecule has 0 radical (unpaired) electrons. The van der Waals surface area contributed by atoms with Crippen molar-refractivity contribution < 1.29 is 22.7 Å². The van der Waals surface area contributed by atoms with Gasteiger partial charge < -0.3 is 15.0 Å². The van der Waals surface area contributed by atoms with E-state index in [0.717, 1.165) is 0 Å². The molecule has 0 atom stereocenters. The van der Waals surface area contributed by atoms with Crippen LogP contribution in [0, 0.1) is 4.77 Å². The Labute approximate surface area is 161 Å². The van der Waals surface area contributed by atoms with E-state index in [1.807, 2.05) is 0 Å². The van der Waals surface area contributed by atoms with Gasteiger partial charge in [0.2, 0.25) is 0 Å². The highest BCUT2D eigenvalue weighted by molar-refractivity contribution is 7.71. The highest BCUT2D eigenvalue weighted by Gasteiger charge is 2.32. The Hall–Kier alpha value is -3.14. The first-order chi connectivity index (χ1) is 13.2. The second-order valence-electron chi connectivity index (χ2n) is 5.89. The number of alkyl halides is 3. The molecule has 28 heavy (non-hydrogen) atoms. The molecule has 1 amide bonds. The number of para-hydroxylation sites is 1. The Morgan fingerprint density at radius 2 is 1.96 bits per heavy atom. The number of rotatable bonds is 4. The molecule has 0 spiro atoms. The van der Waals surface area contributed by atoms with Crippen LogP contribution >= 0.6 is 12.2 Å². The fourth-order valence-electron chi connectivity index (χ4n) is 2.60. The first kappa shape index (κ1) is 19.6. The van der Waals surface area contributed by atoms with Crippen LogP contribution in [0.1, 0.15) is 15.9 Å². The highest BCUT2D eigenvalue weighted by atomic mass is 32.1. The van der Waals surface area contributed by atoms with Crippen molar-refractivity contribution in [2.24, 2.45) is 7.05 Å². The van der Waals surface area contributed by atoms with Crippen LogP contribution in [0.5, 0.6) is 5.75 Å². The summed E-state index contributed by atoms with van der Waals surface area (Å²) in [7, 11) is 1.53. The summed E-state index contributed by atoms with van der Waals surface area (Å²) in [6, 6.07) is 9.92. The fraction of sp³-hybridized carbons (Fsp3) is 0.167. The third-order valence-corrected chi connectivity index (χ3v) is 4.38. The number of ether oxygens (including phenoxy) is 1. The van der Waals surface area contributed by atoms with Crippen LogP contribution in [0.2, 0.25) is 0 Å². The minimum atomic E-state index is -4.83. The Kier molecular flexibility index (Phi) is 5.23. The van der Waals surface area contributed by atoms with Crippen molar-refractivity contribution in [1.82, 2.24) is 14.9 Å². The van der Waals surface area contributed by atoms with Crippen LogP contribution in [0.15, 0.2) is 47.3 Å². The molecule has 0 aliphatic rings. The summed E-state index contributed by atoms with van der Waals surface area (Å²) in [5, 5.41) is 2.90. The average Bonchev–Trinajstić information content (AvgIpc) is 2.63. The van der Waals surface area contributed by atoms with E-state index in [1.54, 1.807) is 0 Å². The van der Waals surface area contributed by atoms with Crippen LogP contribution < -0.4 is 15.6 Å². The number of carbonyl (C=O) groups is 1. The summed E-state index contributed by atoms with van der Waals surface area (Å²) in [5.41, 5.74) is 0.480. The lowest BCUT2D eigenvalue weighted by Crippen LogP contribution is -2.25. The zero-order valence-electron chi connectivity index (χ0n) is 14.5. The zero-order valence-corrected chi connectivity index (χ0v) is 15.3. The molecule has 2 aromatic carbocycles. The van der Waals surface area contributed by atoms with Crippen molar-refractivity contribution in [2.75, 3.05) is 0 Å². The number of hydrogen-bond donors (Lipinski definition) is 2. The van der Waals surface area contributed by atoms with E-state index in [1.165, 1.54) is 54.1 Å². The standard InChI is InChI=1S/C18H14F3N3O3S/c1-24-16(26)12-7-6-10(8-13(12)23-17(24)28)15(25)22-9-11-4-2-3-5-14(11)27-18(19,20)21/h2-8H,9H2,1H3,(H,22,25)(H,23,28). The molecule has 3 rings (SSSR count). The van der Waals surface area contributed by atoms with E-state index < -0.39 is 12.3 Å². The average molecular weight is 409 g/mol. The van der Waals surface area contributed by atoms with Gasteiger partial charge >= 0.3 is 6.36 Å². The molecule has 0 aliphatic heterocycles. The Morgan fingerprint density at radius 3 is 2.68 bits per heavy atom. The van der Waals surface area contributed by atoms with E-state index in [9.17, 15) is 22.8 Å². The second-order valence-corrected chi connectivity index (χ2v) is 6.28. The molecule has 2 N–H and O–H groups in total. The molecule has 3 aromatic rings. The molecule has 0 bridgehead atoms. The van der Waals surface area contributed by atoms with E-state index in [0.29, 0.717) is 10.9 Å². The van der Waals surface area contributed by atoms with Gasteiger partial charge in [0.25, 0.3) is 11.5 Å². The monoisotopic (exact) mass is 409 g/mol. The van der Waals surface area contributed by atoms with Crippen LogP contribution in [0.4, 0.5) is 13.2 Å². The predicted molar refractivity (Wildman–Crippen MR) is 98.7 cm³/mol. The largest absolute Gasteiger partial charge is 0.573 e. The number of carbonyl (C=O) groups excluding carboxylic acids is 1. The number of aromatic amines is 1. The number of nitrogens with one attached hydrogen (secondary N) is 2. The molecule has 0 fully saturated rings. The van der Waals surface area contributed by atoms with Crippen molar-refractivity contribution in [2.45, 2.75) is 12.9 Å². The van der Waals surface area contributed by atoms with Gasteiger partial charge in [-0.2, -0.15) is 0 Å². The quantitative estimate of drug-likeness (QED) is 0.648. The van der Waals surface area contributed by atoms with E-state index >= 15 is 0 Å². The normalized spacial score (nSPS) is 11.4. The maximum absolute atomic E-state index is 12.5. The number of halogens is 3. The smallest absolute Gasteiger partial charge is 0.405 e. The van der Waals surface area contributed by atoms with Crippen LogP contribution in [-0.4, -0.2) is 21.8 Å². The summed E-state index contributed by atoms with van der Waals surface area (Å²) in [5.74, 6) is -0.912. The maximum atomic E-state index is 12.5. The number of benzene rings is 2. The van der Waals surface area contributed by atoms with Gasteiger partial charge in [-0.15, -0.1) is 13.2 Å². The van der Waals surface area contributed by atoms with Crippen molar-refractivity contribution in [3.8, 4) is 5.75 Å². The molecule has 10 heteroatoms. The Bertz CT molecular complexity index is 1170. The molecule has 146 valence electrons. The van der Waals surface area contributed by atoms with Gasteiger partial charge in [0, 0.05) is 24.7 Å². The summed E-state index contributed by atoms with van der Waals surface area (Å²) in [4.78, 5) is 27.4. The van der Waals surface area contributed by atoms with Gasteiger partial charge in [0.1, 0.15) is 5.75 Å². The van der Waals surface area contributed by atoms with E-state index in [-0.39, 0.29) is 33.8 Å². The predicted octanol–water partition coefficient (Wildman–Crippen LogP) is 3.42. The number of aromatic nitrogens is 2. The van der Waals surface area contributed by atoms with Gasteiger partial charge in [-0.1, -0.05) is 18.2 Å². The first-order valence-corrected chi connectivity index (χ1v) is 8.41. The molecule has 1 heterocycles. The van der Waals surface area contributed by atoms with Gasteiger partial charge in [-0.3, -0.25) is 14.2 Å². The van der Waals surface area contributed by atoms with Crippen molar-refractivity contribution in [3.05, 3.63) is 68.7 Å². The summed E-state index contributed by atoms with van der Waals surface area (Å²) in [6.45, 7) is -0.171. The molecule has 6 nitrogen and oxygen atoms in total. The lowest BCUT2D eigenvalue weighted by atomic mass is 10.1. The molecule has 0 saturated heterocycles. The first-order valence-electron chi connectivity index (χ1n) is 8.00. The van der Waals surface area contributed by atoms with Crippen LogP contribution in [-0.2, 0) is 13.6 Å². The van der Waals surface area contributed by atoms with E-state index in [4.69, 9.17) is 12.2 Å². The number of nitrogens with zero attached hydrogens (tertiary/aromatic N) is 1. The molecule has 0 unspecified atom stereocenters. The second kappa shape index (κ2) is 7.47. The lowest BCUT2D eigenvalue weighted by Gasteiger charge is -2.13. The molecular formula is C18H14F3N3O3S. The third-order valence-electron chi connectivity index (χ3n) is 4.00. The van der Waals surface area contributed by atoms with Gasteiger partial charge in [0.15, 0.2) is 4.77 Å². The minimum Gasteiger partial charge on any atom is -0.405 e. The number of hydrogen-bond acceptors (Lipinski definition) is 4. The number of H-pyrrole nitrogens is 1. The molecule has 1 aromatic heterocycles. The summed E-state index contributed by atoms with van der Waals surface area (Å²) in [6.07, 6.45) is -4.83. The topological polar surface area (TPSA) is 76.1 Å². The van der Waals surface area contributed by atoms with Gasteiger partial charge in [-0.25, -0.2) is 0 Å². The molecule has 0 saturated carbocycles. The molecule has 0 aliphatic carbocycles. The number of fused-ring (bicyclic) bond motifs is 1. The third kappa shape index (κ3) is 4.22.